The second-order valence-corrected chi connectivity index (χ2v) is 13.9. The van der Waals surface area contributed by atoms with Crippen molar-refractivity contribution >= 4 is 22.4 Å². The topological polar surface area (TPSA) is 105 Å². The molecule has 3 N–H and O–H groups in total. The van der Waals surface area contributed by atoms with E-state index in [1.54, 1.807) is 7.11 Å². The molecule has 0 saturated heterocycles. The van der Waals surface area contributed by atoms with Crippen LogP contribution in [0.1, 0.15) is 90.0 Å². The van der Waals surface area contributed by atoms with E-state index in [0.29, 0.717) is 53.7 Å². The number of methoxy groups -OCH3 is 1. The van der Waals surface area contributed by atoms with E-state index in [9.17, 15) is 15.0 Å². The Hall–Kier alpha value is -1.09. The lowest BCUT2D eigenvalue weighted by Gasteiger charge is -2.62. The number of amides is 1. The smallest absolute Gasteiger partial charge is 0.226 e. The molecule has 202 valence electrons. The lowest BCUT2D eigenvalue weighted by molar-refractivity contribution is -0.174. The maximum absolute atomic E-state index is 12.6. The zero-order chi connectivity index (χ0) is 25.7. The zero-order valence-corrected chi connectivity index (χ0v) is 23.2. The number of aliphatic hydroxyl groups is 2. The van der Waals surface area contributed by atoms with E-state index in [4.69, 9.17) is 4.74 Å². The fourth-order valence-corrected chi connectivity index (χ4v) is 10.1. The number of nitrogens with zero attached hydrogens (tertiary/aromatic N) is 2. The summed E-state index contributed by atoms with van der Waals surface area (Å²) in [6.45, 7) is 7.52. The molecular formula is C28H45N3O4S. The summed E-state index contributed by atoms with van der Waals surface area (Å²) >= 11 is 1.35. The molecule has 5 rings (SSSR count). The molecule has 0 bridgehead atoms. The van der Waals surface area contributed by atoms with E-state index in [0.717, 1.165) is 43.5 Å². The Morgan fingerprint density at radius 1 is 1.14 bits per heavy atom. The number of hydrogen-bond donors (Lipinski definition) is 3. The molecule has 0 unspecified atom stereocenters. The number of anilines is 1. The minimum atomic E-state index is -0.282. The number of carbonyl (C=O) groups excluding carboxylic acids is 1. The summed E-state index contributed by atoms with van der Waals surface area (Å²) in [5.41, 5.74) is 0.197. The van der Waals surface area contributed by atoms with Crippen molar-refractivity contribution in [3.63, 3.8) is 0 Å². The van der Waals surface area contributed by atoms with Crippen LogP contribution in [0.3, 0.4) is 0 Å². The standard InChI is InChI=1S/C28H45N3O4S/c1-16(5-10-24(34)29-26-31-30-25(36-26)15-35-4)20-8-9-21-19-7-6-17-13-18(32)11-12-27(17,2)22(19)14-23(33)28(20,21)3/h16-23,32-33H,5-15H2,1-4H3,(H,29,31,34)/t16-,17+,18-,19+,20+,21-,22-,23+,27+,28-/m1/s1. The predicted molar refractivity (Wildman–Crippen MR) is 140 cm³/mol. The summed E-state index contributed by atoms with van der Waals surface area (Å²) in [7, 11) is 1.62. The van der Waals surface area contributed by atoms with Crippen molar-refractivity contribution in [3.05, 3.63) is 5.01 Å². The molecule has 36 heavy (non-hydrogen) atoms. The van der Waals surface area contributed by atoms with Crippen LogP contribution in [-0.4, -0.2) is 45.6 Å². The predicted octanol–water partition coefficient (Wildman–Crippen LogP) is 5.03. The zero-order valence-electron chi connectivity index (χ0n) is 22.4. The number of aliphatic hydroxyl groups excluding tert-OH is 2. The number of nitrogens with one attached hydrogen (secondary N) is 1. The van der Waals surface area contributed by atoms with Gasteiger partial charge in [0.25, 0.3) is 0 Å². The van der Waals surface area contributed by atoms with Crippen LogP contribution in [0.15, 0.2) is 0 Å². The first-order valence-electron chi connectivity index (χ1n) is 14.1. The third-order valence-electron chi connectivity index (χ3n) is 11.3. The van der Waals surface area contributed by atoms with Crippen molar-refractivity contribution in [1.29, 1.82) is 0 Å². The molecule has 1 amide bonds. The van der Waals surface area contributed by atoms with Crippen molar-refractivity contribution in [2.24, 2.45) is 46.3 Å². The highest BCUT2D eigenvalue weighted by Crippen LogP contribution is 2.68. The third kappa shape index (κ3) is 4.54. The Balaban J connectivity index is 1.22. The van der Waals surface area contributed by atoms with Gasteiger partial charge in [0, 0.05) is 13.5 Å². The van der Waals surface area contributed by atoms with Gasteiger partial charge < -0.3 is 20.3 Å². The molecule has 0 radical (unpaired) electrons. The average Bonchev–Trinajstić information content (AvgIpc) is 3.43. The van der Waals surface area contributed by atoms with Crippen LogP contribution in [0.5, 0.6) is 0 Å². The lowest BCUT2D eigenvalue weighted by Crippen LogP contribution is -2.58. The highest BCUT2D eigenvalue weighted by Gasteiger charge is 2.63. The van der Waals surface area contributed by atoms with Crippen LogP contribution >= 0.6 is 11.3 Å². The highest BCUT2D eigenvalue weighted by atomic mass is 32.1. The van der Waals surface area contributed by atoms with Crippen molar-refractivity contribution in [1.82, 2.24) is 10.2 Å². The van der Waals surface area contributed by atoms with Crippen molar-refractivity contribution in [2.75, 3.05) is 12.4 Å². The quantitative estimate of drug-likeness (QED) is 0.467. The number of ether oxygens (including phenoxy) is 1. The first kappa shape index (κ1) is 26.5. The summed E-state index contributed by atoms with van der Waals surface area (Å²) in [5.74, 6) is 3.24. The van der Waals surface area contributed by atoms with Crippen LogP contribution in [0, 0.1) is 46.3 Å². The van der Waals surface area contributed by atoms with Gasteiger partial charge in [0.1, 0.15) is 11.6 Å². The Morgan fingerprint density at radius 2 is 1.94 bits per heavy atom. The highest BCUT2D eigenvalue weighted by molar-refractivity contribution is 7.15. The molecule has 0 aromatic carbocycles. The fourth-order valence-electron chi connectivity index (χ4n) is 9.39. The van der Waals surface area contributed by atoms with Crippen LogP contribution < -0.4 is 5.32 Å². The Labute approximate surface area is 219 Å². The van der Waals surface area contributed by atoms with Crippen LogP contribution in [-0.2, 0) is 16.1 Å². The molecule has 10 atom stereocenters. The number of fused-ring (bicyclic) bond motifs is 5. The first-order chi connectivity index (χ1) is 17.2. The molecule has 4 fully saturated rings. The summed E-state index contributed by atoms with van der Waals surface area (Å²) in [6, 6.07) is 0. The first-order valence-corrected chi connectivity index (χ1v) is 15.0. The van der Waals surface area contributed by atoms with Gasteiger partial charge in [0.2, 0.25) is 11.0 Å². The number of rotatable bonds is 7. The molecule has 1 heterocycles. The fraction of sp³-hybridized carbons (Fsp3) is 0.893. The molecule has 7 nitrogen and oxygen atoms in total. The van der Waals surface area contributed by atoms with Gasteiger partial charge in [0.05, 0.1) is 12.2 Å². The average molecular weight is 520 g/mol. The Morgan fingerprint density at radius 3 is 2.72 bits per heavy atom. The van der Waals surface area contributed by atoms with E-state index in [2.05, 4.69) is 36.3 Å². The minimum absolute atomic E-state index is 0.0170. The molecule has 4 saturated carbocycles. The molecule has 4 aliphatic rings. The van der Waals surface area contributed by atoms with E-state index < -0.39 is 0 Å². The maximum atomic E-state index is 12.6. The molecule has 0 aliphatic heterocycles. The minimum Gasteiger partial charge on any atom is -0.393 e. The number of carbonyl (C=O) groups is 1. The van der Waals surface area contributed by atoms with Gasteiger partial charge in [-0.25, -0.2) is 0 Å². The molecule has 1 aromatic heterocycles. The number of aromatic nitrogens is 2. The molecule has 0 spiro atoms. The van der Waals surface area contributed by atoms with Gasteiger partial charge in [-0.15, -0.1) is 10.2 Å². The molecular weight excluding hydrogens is 474 g/mol. The lowest BCUT2D eigenvalue weighted by atomic mass is 9.43. The third-order valence-corrected chi connectivity index (χ3v) is 12.1. The molecule has 4 aliphatic carbocycles. The Bertz CT molecular complexity index is 942. The monoisotopic (exact) mass is 519 g/mol. The second kappa shape index (κ2) is 10.2. The molecule has 8 heteroatoms. The van der Waals surface area contributed by atoms with E-state index >= 15 is 0 Å². The van der Waals surface area contributed by atoms with Gasteiger partial charge in [-0.2, -0.15) is 0 Å². The van der Waals surface area contributed by atoms with E-state index in [1.807, 2.05) is 0 Å². The SMILES string of the molecule is COCc1nnc(NC(=O)CC[C@@H](C)[C@@H]2CC[C@@H]3[C@@H]4CC[C@H]5C[C@H](O)CC[C@]5(C)[C@@H]4C[C@H](O)[C@@]32C)s1. The van der Waals surface area contributed by atoms with Crippen LogP contribution in [0.25, 0.3) is 0 Å². The largest absolute Gasteiger partial charge is 0.393 e. The summed E-state index contributed by atoms with van der Waals surface area (Å²) < 4.78 is 5.08. The normalized spacial score (nSPS) is 42.8. The van der Waals surface area contributed by atoms with E-state index in [-0.39, 0.29) is 28.9 Å². The summed E-state index contributed by atoms with van der Waals surface area (Å²) in [5, 5.41) is 34.3. The van der Waals surface area contributed by atoms with E-state index in [1.165, 1.54) is 30.6 Å². The van der Waals surface area contributed by atoms with Crippen molar-refractivity contribution in [3.8, 4) is 0 Å². The summed E-state index contributed by atoms with van der Waals surface area (Å²) in [4.78, 5) is 12.6. The van der Waals surface area contributed by atoms with Crippen LogP contribution in [0.2, 0.25) is 0 Å². The van der Waals surface area contributed by atoms with Gasteiger partial charge in [0.15, 0.2) is 0 Å². The van der Waals surface area contributed by atoms with Crippen LogP contribution in [0.4, 0.5) is 5.13 Å². The Kier molecular flexibility index (Phi) is 7.54. The van der Waals surface area contributed by atoms with Gasteiger partial charge in [-0.05, 0) is 104 Å². The van der Waals surface area contributed by atoms with Crippen molar-refractivity contribution < 1.29 is 19.7 Å². The maximum Gasteiger partial charge on any atom is 0.226 e. The molecule has 1 aromatic rings. The van der Waals surface area contributed by atoms with Gasteiger partial charge in [-0.1, -0.05) is 32.1 Å². The van der Waals surface area contributed by atoms with Gasteiger partial charge in [-0.3, -0.25) is 4.79 Å². The second-order valence-electron chi connectivity index (χ2n) is 12.9. The van der Waals surface area contributed by atoms with Crippen molar-refractivity contribution in [2.45, 2.75) is 104 Å². The number of hydrogen-bond acceptors (Lipinski definition) is 7. The van der Waals surface area contributed by atoms with Gasteiger partial charge >= 0.3 is 0 Å². The summed E-state index contributed by atoms with van der Waals surface area (Å²) in [6.07, 6.45) is 9.58.